The van der Waals surface area contributed by atoms with E-state index in [2.05, 4.69) is 5.32 Å². The maximum atomic E-state index is 10.5. The van der Waals surface area contributed by atoms with Crippen molar-refractivity contribution in [2.75, 3.05) is 5.32 Å². The van der Waals surface area contributed by atoms with Crippen molar-refractivity contribution in [3.05, 3.63) is 27.2 Å². The van der Waals surface area contributed by atoms with Gasteiger partial charge in [-0.2, -0.15) is 0 Å². The number of nitrogens with one attached hydrogen (secondary N) is 1. The van der Waals surface area contributed by atoms with Crippen molar-refractivity contribution in [1.29, 1.82) is 0 Å². The SMILES string of the molecule is NC(=O)Nc1cc(Cl)c(Cl)c(Cl)c1. The highest BCUT2D eigenvalue weighted by Gasteiger charge is 2.06. The molecular weight excluding hydrogens is 234 g/mol. The molecule has 0 saturated carbocycles. The molecule has 6 heteroatoms. The predicted octanol–water partition coefficient (Wildman–Crippen LogP) is 3.14. The summed E-state index contributed by atoms with van der Waals surface area (Å²) in [5.74, 6) is 0. The van der Waals surface area contributed by atoms with Gasteiger partial charge in [-0.15, -0.1) is 0 Å². The van der Waals surface area contributed by atoms with Gasteiger partial charge in [0.25, 0.3) is 0 Å². The first-order valence-electron chi connectivity index (χ1n) is 3.21. The van der Waals surface area contributed by atoms with Crippen LogP contribution in [0.15, 0.2) is 12.1 Å². The highest BCUT2D eigenvalue weighted by atomic mass is 35.5. The highest BCUT2D eigenvalue weighted by Crippen LogP contribution is 2.32. The zero-order valence-electron chi connectivity index (χ0n) is 6.27. The average Bonchev–Trinajstić information content (AvgIpc) is 1.98. The Morgan fingerprint density at radius 1 is 1.23 bits per heavy atom. The van der Waals surface area contributed by atoms with Gasteiger partial charge in [0.1, 0.15) is 0 Å². The zero-order chi connectivity index (χ0) is 10.0. The summed E-state index contributed by atoms with van der Waals surface area (Å²) < 4.78 is 0. The molecule has 0 aliphatic rings. The smallest absolute Gasteiger partial charge is 0.316 e. The lowest BCUT2D eigenvalue weighted by Gasteiger charge is -2.04. The minimum Gasteiger partial charge on any atom is -0.351 e. The van der Waals surface area contributed by atoms with E-state index in [1.54, 1.807) is 0 Å². The van der Waals surface area contributed by atoms with Gasteiger partial charge >= 0.3 is 6.03 Å². The summed E-state index contributed by atoms with van der Waals surface area (Å²) in [6.07, 6.45) is 0. The van der Waals surface area contributed by atoms with Crippen molar-refractivity contribution in [2.24, 2.45) is 5.73 Å². The summed E-state index contributed by atoms with van der Waals surface area (Å²) in [4.78, 5) is 10.5. The summed E-state index contributed by atoms with van der Waals surface area (Å²) in [6, 6.07) is 2.23. The Kier molecular flexibility index (Phi) is 3.25. The van der Waals surface area contributed by atoms with Gasteiger partial charge in [0.2, 0.25) is 0 Å². The monoisotopic (exact) mass is 238 g/mol. The molecule has 1 aromatic carbocycles. The third-order valence-corrected chi connectivity index (χ3v) is 2.45. The molecule has 13 heavy (non-hydrogen) atoms. The molecule has 0 fully saturated rings. The molecule has 1 aromatic rings. The molecule has 0 radical (unpaired) electrons. The summed E-state index contributed by atoms with van der Waals surface area (Å²) in [5.41, 5.74) is 5.30. The van der Waals surface area contributed by atoms with Crippen molar-refractivity contribution in [3.8, 4) is 0 Å². The Hall–Kier alpha value is -0.640. The number of halogens is 3. The van der Waals surface area contributed by atoms with Gasteiger partial charge < -0.3 is 11.1 Å². The summed E-state index contributed by atoms with van der Waals surface area (Å²) in [7, 11) is 0. The Morgan fingerprint density at radius 2 is 1.69 bits per heavy atom. The number of carbonyl (C=O) groups is 1. The lowest BCUT2D eigenvalue weighted by Crippen LogP contribution is -2.19. The molecule has 0 saturated heterocycles. The van der Waals surface area contributed by atoms with Gasteiger partial charge in [0.05, 0.1) is 15.1 Å². The van der Waals surface area contributed by atoms with Crippen molar-refractivity contribution in [2.45, 2.75) is 0 Å². The minimum absolute atomic E-state index is 0.248. The van der Waals surface area contributed by atoms with Crippen LogP contribution >= 0.6 is 34.8 Å². The second-order valence-electron chi connectivity index (χ2n) is 2.24. The number of urea groups is 1. The maximum Gasteiger partial charge on any atom is 0.316 e. The van der Waals surface area contributed by atoms with Gasteiger partial charge in [-0.25, -0.2) is 4.79 Å². The minimum atomic E-state index is -0.686. The first-order valence-corrected chi connectivity index (χ1v) is 4.35. The van der Waals surface area contributed by atoms with Crippen LogP contribution in [0.4, 0.5) is 10.5 Å². The first-order chi connectivity index (χ1) is 6.00. The van der Waals surface area contributed by atoms with E-state index >= 15 is 0 Å². The van der Waals surface area contributed by atoms with Crippen LogP contribution < -0.4 is 11.1 Å². The third-order valence-electron chi connectivity index (χ3n) is 1.25. The number of nitrogens with two attached hydrogens (primary N) is 1. The van der Waals surface area contributed by atoms with Gasteiger partial charge in [-0.3, -0.25) is 0 Å². The number of carbonyl (C=O) groups excluding carboxylic acids is 1. The molecule has 1 rings (SSSR count). The standard InChI is InChI=1S/C7H5Cl3N2O/c8-4-1-3(12-7(11)13)2-5(9)6(4)10/h1-2H,(H3,11,12,13). The quantitative estimate of drug-likeness (QED) is 0.727. The van der Waals surface area contributed by atoms with E-state index in [4.69, 9.17) is 40.5 Å². The normalized spacial score (nSPS) is 9.77. The second kappa shape index (κ2) is 4.05. The molecule has 0 unspecified atom stereocenters. The topological polar surface area (TPSA) is 55.1 Å². The van der Waals surface area contributed by atoms with E-state index in [1.807, 2.05) is 0 Å². The fraction of sp³-hybridized carbons (Fsp3) is 0. The molecule has 0 aromatic heterocycles. The van der Waals surface area contributed by atoms with E-state index < -0.39 is 6.03 Å². The summed E-state index contributed by atoms with van der Waals surface area (Å²) >= 11 is 17.1. The van der Waals surface area contributed by atoms with Gasteiger partial charge in [-0.1, -0.05) is 34.8 Å². The van der Waals surface area contributed by atoms with E-state index in [0.717, 1.165) is 0 Å². The Balaban J connectivity index is 3.06. The van der Waals surface area contributed by atoms with Crippen LogP contribution in [0.2, 0.25) is 15.1 Å². The molecular formula is C7H5Cl3N2O. The van der Waals surface area contributed by atoms with Crippen LogP contribution in [0.3, 0.4) is 0 Å². The van der Waals surface area contributed by atoms with Gasteiger partial charge in [0, 0.05) is 5.69 Å². The molecule has 0 bridgehead atoms. The van der Waals surface area contributed by atoms with Crippen LogP contribution in [0.25, 0.3) is 0 Å². The van der Waals surface area contributed by atoms with Crippen LogP contribution in [-0.4, -0.2) is 6.03 Å². The van der Waals surface area contributed by atoms with Crippen molar-refractivity contribution >= 4 is 46.5 Å². The fourth-order valence-corrected chi connectivity index (χ4v) is 1.37. The first kappa shape index (κ1) is 10.4. The lowest BCUT2D eigenvalue weighted by atomic mass is 10.3. The second-order valence-corrected chi connectivity index (χ2v) is 3.44. The summed E-state index contributed by atoms with van der Waals surface area (Å²) in [6.45, 7) is 0. The Bertz CT molecular complexity index is 331. The number of primary amides is 1. The van der Waals surface area contributed by atoms with E-state index in [1.165, 1.54) is 12.1 Å². The molecule has 3 N–H and O–H groups in total. The van der Waals surface area contributed by atoms with Gasteiger partial charge in [-0.05, 0) is 12.1 Å². The average molecular weight is 239 g/mol. The largest absolute Gasteiger partial charge is 0.351 e. The van der Waals surface area contributed by atoms with Crippen molar-refractivity contribution in [3.63, 3.8) is 0 Å². The van der Waals surface area contributed by atoms with Crippen LogP contribution in [-0.2, 0) is 0 Å². The van der Waals surface area contributed by atoms with E-state index in [9.17, 15) is 4.79 Å². The molecule has 0 heterocycles. The summed E-state index contributed by atoms with van der Waals surface area (Å²) in [5, 5.41) is 3.10. The Labute approximate surface area is 89.8 Å². The van der Waals surface area contributed by atoms with Crippen molar-refractivity contribution in [1.82, 2.24) is 0 Å². The maximum absolute atomic E-state index is 10.5. The number of hydrogen-bond donors (Lipinski definition) is 2. The predicted molar refractivity (Wildman–Crippen MR) is 54.7 cm³/mol. The van der Waals surface area contributed by atoms with Crippen LogP contribution in [0.5, 0.6) is 0 Å². The van der Waals surface area contributed by atoms with Crippen LogP contribution in [0, 0.1) is 0 Å². The molecule has 0 aliphatic carbocycles. The molecule has 70 valence electrons. The number of hydrogen-bond acceptors (Lipinski definition) is 1. The lowest BCUT2D eigenvalue weighted by molar-refractivity contribution is 0.259. The number of amides is 2. The molecule has 0 spiro atoms. The number of benzene rings is 1. The Morgan fingerprint density at radius 3 is 2.08 bits per heavy atom. The number of anilines is 1. The van der Waals surface area contributed by atoms with E-state index in [0.29, 0.717) is 5.69 Å². The zero-order valence-corrected chi connectivity index (χ0v) is 8.54. The highest BCUT2D eigenvalue weighted by molar-refractivity contribution is 6.48. The fourth-order valence-electron chi connectivity index (χ4n) is 0.770. The molecule has 2 amide bonds. The van der Waals surface area contributed by atoms with Gasteiger partial charge in [0.15, 0.2) is 0 Å². The number of rotatable bonds is 1. The van der Waals surface area contributed by atoms with Crippen LogP contribution in [0.1, 0.15) is 0 Å². The molecule has 0 aliphatic heterocycles. The van der Waals surface area contributed by atoms with E-state index in [-0.39, 0.29) is 15.1 Å². The van der Waals surface area contributed by atoms with Crippen molar-refractivity contribution < 1.29 is 4.79 Å². The molecule has 0 atom stereocenters. The third kappa shape index (κ3) is 2.66. The molecule has 3 nitrogen and oxygen atoms in total.